The molecule has 0 radical (unpaired) electrons. The van der Waals surface area contributed by atoms with Gasteiger partial charge in [-0.3, -0.25) is 48.1 Å². The molecule has 0 bridgehead atoms. The molecule has 8 atom stereocenters. The van der Waals surface area contributed by atoms with Gasteiger partial charge in [-0.1, -0.05) is 67.1 Å². The zero-order valence-electron chi connectivity index (χ0n) is 44.1. The second-order valence-corrected chi connectivity index (χ2v) is 19.3. The molecule has 26 heteroatoms. The molecule has 428 valence electrons. The fourth-order valence-corrected chi connectivity index (χ4v) is 9.53. The van der Waals surface area contributed by atoms with Crippen molar-refractivity contribution >= 4 is 65.2 Å². The predicted molar refractivity (Wildman–Crippen MR) is 284 cm³/mol. The summed E-state index contributed by atoms with van der Waals surface area (Å²) in [7, 11) is 0. The molecule has 26 nitrogen and oxygen atoms in total. The van der Waals surface area contributed by atoms with Crippen LogP contribution in [0.2, 0.25) is 0 Å². The van der Waals surface area contributed by atoms with Crippen LogP contribution in [-0.2, 0) is 60.8 Å². The van der Waals surface area contributed by atoms with Crippen molar-refractivity contribution in [2.75, 3.05) is 45.9 Å². The van der Waals surface area contributed by atoms with Gasteiger partial charge in [-0.15, -0.1) is 0 Å². The number of nitrogens with one attached hydrogen (secondary N) is 5. The van der Waals surface area contributed by atoms with Crippen LogP contribution in [0.4, 0.5) is 0 Å². The Bertz CT molecular complexity index is 2390. The van der Waals surface area contributed by atoms with Gasteiger partial charge in [0.25, 0.3) is 5.97 Å². The van der Waals surface area contributed by atoms with E-state index in [1.165, 1.54) is 14.7 Å². The number of aliphatic hydroxyl groups is 1. The molecule has 0 aliphatic carbocycles. The number of aliphatic hydroxyl groups excluding tert-OH is 1. The van der Waals surface area contributed by atoms with E-state index < -0.39 is 121 Å². The van der Waals surface area contributed by atoms with E-state index in [-0.39, 0.29) is 64.2 Å². The lowest BCUT2D eigenvalue weighted by Gasteiger charge is -2.33. The van der Waals surface area contributed by atoms with Gasteiger partial charge < -0.3 is 79.5 Å². The number of benzene rings is 2. The number of carbonyl (C=O) groups is 10. The topological polar surface area (TPSA) is 418 Å². The highest BCUT2D eigenvalue weighted by molar-refractivity contribution is 5.98. The molecule has 3 saturated heterocycles. The Hall–Kier alpha value is -7.71. The zero-order chi connectivity index (χ0) is 57.3. The molecule has 0 spiro atoms. The van der Waals surface area contributed by atoms with Crippen LogP contribution in [0.25, 0.3) is 0 Å². The van der Waals surface area contributed by atoms with Crippen LogP contribution in [0.1, 0.15) is 88.7 Å². The number of hydrogen-bond acceptors (Lipinski definition) is 14. The van der Waals surface area contributed by atoms with Gasteiger partial charge in [-0.05, 0) is 81.9 Å². The molecule has 5 rings (SSSR count). The van der Waals surface area contributed by atoms with Gasteiger partial charge in [0.1, 0.15) is 42.3 Å². The first-order valence-corrected chi connectivity index (χ1v) is 26.3. The van der Waals surface area contributed by atoms with Crippen molar-refractivity contribution in [1.82, 2.24) is 41.3 Å². The maximum atomic E-state index is 14.2. The Morgan fingerprint density at radius 1 is 0.628 bits per heavy atom. The summed E-state index contributed by atoms with van der Waals surface area (Å²) in [6.45, 7) is 0.790. The number of likely N-dealkylation sites (tertiary alicyclic amines) is 3. The quantitative estimate of drug-likeness (QED) is 0.0244. The van der Waals surface area contributed by atoms with Crippen molar-refractivity contribution in [1.29, 1.82) is 0 Å². The first-order valence-electron chi connectivity index (χ1n) is 26.3. The number of carbonyl (C=O) groups excluding carboxylic acids is 8. The van der Waals surface area contributed by atoms with E-state index in [9.17, 15) is 53.4 Å². The van der Waals surface area contributed by atoms with Gasteiger partial charge >= 0.3 is 5.97 Å². The summed E-state index contributed by atoms with van der Waals surface area (Å²) >= 11 is 0. The average molecular weight is 1090 g/mol. The number of amides is 8. The van der Waals surface area contributed by atoms with Gasteiger partial charge in [-0.25, -0.2) is 4.79 Å². The van der Waals surface area contributed by atoms with Gasteiger partial charge in [0.15, 0.2) is 5.96 Å². The van der Waals surface area contributed by atoms with E-state index in [2.05, 4.69) is 31.6 Å². The summed E-state index contributed by atoms with van der Waals surface area (Å²) in [4.78, 5) is 139. The number of carboxylic acids is 2. The fraction of sp³-hybridized carbons (Fsp3) is 0.558. The molecular formula is C52H77N13O13. The molecule has 3 aliphatic rings. The summed E-state index contributed by atoms with van der Waals surface area (Å²) < 4.78 is 0. The second kappa shape index (κ2) is 32.1. The lowest BCUT2D eigenvalue weighted by atomic mass is 10.0. The number of unbranched alkanes of at least 4 members (excludes halogenated alkanes) is 1. The Labute approximate surface area is 452 Å². The highest BCUT2D eigenvalue weighted by atomic mass is 16.4. The third-order valence-corrected chi connectivity index (χ3v) is 13.4. The van der Waals surface area contributed by atoms with E-state index in [1.807, 2.05) is 0 Å². The van der Waals surface area contributed by atoms with Crippen LogP contribution in [0.15, 0.2) is 65.7 Å². The van der Waals surface area contributed by atoms with E-state index in [1.54, 1.807) is 60.7 Å². The van der Waals surface area contributed by atoms with Crippen LogP contribution in [0.3, 0.4) is 0 Å². The highest BCUT2D eigenvalue weighted by Crippen LogP contribution is 2.26. The summed E-state index contributed by atoms with van der Waals surface area (Å²) in [5.74, 6) is -7.43. The van der Waals surface area contributed by atoms with Gasteiger partial charge in [0, 0.05) is 45.9 Å². The third kappa shape index (κ3) is 19.7. The average Bonchev–Trinajstić information content (AvgIpc) is 4.23. The summed E-state index contributed by atoms with van der Waals surface area (Å²) in [5.41, 5.74) is 24.0. The number of nitrogens with zero attached hydrogens (tertiary/aromatic N) is 4. The van der Waals surface area contributed by atoms with Crippen LogP contribution in [-0.4, -0.2) is 189 Å². The van der Waals surface area contributed by atoms with Crippen molar-refractivity contribution < 1.29 is 63.3 Å². The molecule has 2 aromatic rings. The van der Waals surface area contributed by atoms with Crippen molar-refractivity contribution in [2.24, 2.45) is 27.9 Å². The van der Waals surface area contributed by atoms with E-state index >= 15 is 0 Å². The van der Waals surface area contributed by atoms with Crippen LogP contribution < -0.4 is 49.5 Å². The molecule has 16 N–H and O–H groups in total. The number of carboxylic acid groups (broad SMARTS) is 2. The molecule has 8 unspecified atom stereocenters. The Morgan fingerprint density at radius 3 is 1.69 bits per heavy atom. The van der Waals surface area contributed by atoms with Crippen LogP contribution >= 0.6 is 0 Å². The lowest BCUT2D eigenvalue weighted by molar-refractivity contribution is -0.148. The molecule has 3 heterocycles. The Morgan fingerprint density at radius 2 is 1.14 bits per heavy atom. The molecule has 0 aromatic heterocycles. The highest BCUT2D eigenvalue weighted by Gasteiger charge is 2.44. The number of rotatable bonds is 27. The smallest absolute Gasteiger partial charge is 0.326 e. The van der Waals surface area contributed by atoms with Crippen molar-refractivity contribution in [3.63, 3.8) is 0 Å². The standard InChI is InChI=1S/C50H73N13O11.C2H4O2/c51-22-8-7-17-33(52)42(66)58-34(18-9-23-55-50(53)54)46(70)63-26-12-21-40(63)48(72)62-25-10-19-38(62)44(68)56-29-41(65)57-35(27-31-13-3-1-4-14-31)43(67)60-37(30-64)47(71)61-24-11-20-39(61)45(69)59-36(49(73)74)28-32-15-5-2-6-16-32;1-2(3)4/h1-6,13-16,33-40,64H,7-12,17-30,51-52H2,(H,56,68)(H,57,65)(H,58,66)(H,59,69)(H,60,67)(H,73,74)(H4,53,54,55);1H3,(H,3,4). The number of aliphatic imine (C=N–C) groups is 1. The van der Waals surface area contributed by atoms with Crippen molar-refractivity contribution in [3.8, 4) is 0 Å². The van der Waals surface area contributed by atoms with Crippen molar-refractivity contribution in [2.45, 2.75) is 139 Å². The number of aliphatic carboxylic acids is 2. The SMILES string of the molecule is CC(=O)O.NCCCCC(N)C(=O)NC(CCCN=C(N)N)C(=O)N1CCCC1C(=O)N1CCCC1C(=O)NCC(=O)NC(Cc1ccccc1)C(=O)NC(CO)C(=O)N1CCCC1C(=O)NC(Cc1ccccc1)C(=O)O. The maximum absolute atomic E-state index is 14.2. The number of nitrogens with two attached hydrogens (primary N) is 4. The summed E-state index contributed by atoms with van der Waals surface area (Å²) in [5, 5.41) is 40.7. The number of guanidine groups is 1. The summed E-state index contributed by atoms with van der Waals surface area (Å²) in [6, 6.07) is 8.31. The molecule has 78 heavy (non-hydrogen) atoms. The first-order chi connectivity index (χ1) is 37.2. The zero-order valence-corrected chi connectivity index (χ0v) is 44.1. The predicted octanol–water partition coefficient (Wildman–Crippen LogP) is -2.82. The van der Waals surface area contributed by atoms with Gasteiger partial charge in [0.05, 0.1) is 19.2 Å². The minimum Gasteiger partial charge on any atom is -0.481 e. The van der Waals surface area contributed by atoms with Crippen LogP contribution in [0, 0.1) is 0 Å². The minimum absolute atomic E-state index is 0.00123. The van der Waals surface area contributed by atoms with E-state index in [4.69, 9.17) is 32.8 Å². The minimum atomic E-state index is -1.54. The van der Waals surface area contributed by atoms with Crippen molar-refractivity contribution in [3.05, 3.63) is 71.8 Å². The molecule has 2 aromatic carbocycles. The monoisotopic (exact) mass is 1090 g/mol. The normalized spacial score (nSPS) is 18.6. The maximum Gasteiger partial charge on any atom is 0.326 e. The summed E-state index contributed by atoms with van der Waals surface area (Å²) in [6.07, 6.45) is 4.25. The number of hydrogen-bond donors (Lipinski definition) is 12. The Kier molecular flexibility index (Phi) is 25.9. The molecular weight excluding hydrogens is 1010 g/mol. The lowest BCUT2D eigenvalue weighted by Crippen LogP contribution is -2.59. The fourth-order valence-electron chi connectivity index (χ4n) is 9.53. The Balaban J connectivity index is 0.00000317. The first kappa shape index (κ1) is 62.8. The second-order valence-electron chi connectivity index (χ2n) is 19.3. The molecule has 8 amide bonds. The largest absolute Gasteiger partial charge is 0.481 e. The third-order valence-electron chi connectivity index (χ3n) is 13.4. The van der Waals surface area contributed by atoms with E-state index in [0.29, 0.717) is 69.0 Å². The van der Waals surface area contributed by atoms with Crippen LogP contribution in [0.5, 0.6) is 0 Å². The van der Waals surface area contributed by atoms with E-state index in [0.717, 1.165) is 6.92 Å². The molecule has 0 saturated carbocycles. The molecule has 3 aliphatic heterocycles. The van der Waals surface area contributed by atoms with Gasteiger partial charge in [-0.2, -0.15) is 0 Å². The van der Waals surface area contributed by atoms with Gasteiger partial charge in [0.2, 0.25) is 47.3 Å². The molecule has 3 fully saturated rings.